The highest BCUT2D eigenvalue weighted by Crippen LogP contribution is 2.33. The Morgan fingerprint density at radius 1 is 0.821 bits per heavy atom. The van der Waals surface area contributed by atoms with Gasteiger partial charge in [-0.1, -0.05) is 49.4 Å². The van der Waals surface area contributed by atoms with Gasteiger partial charge in [0.2, 0.25) is 0 Å². The highest BCUT2D eigenvalue weighted by molar-refractivity contribution is 7.91. The highest BCUT2D eigenvalue weighted by atomic mass is 32.2. The Morgan fingerprint density at radius 2 is 1.43 bits per heavy atom. The smallest absolute Gasteiger partial charge is 0.185 e. The maximum atomic E-state index is 13.1. The van der Waals surface area contributed by atoms with Crippen molar-refractivity contribution >= 4 is 9.84 Å². The molecule has 28 heavy (non-hydrogen) atoms. The lowest BCUT2D eigenvalue weighted by Gasteiger charge is -2.17. The lowest BCUT2D eigenvalue weighted by atomic mass is 10.1. The van der Waals surface area contributed by atoms with Crippen LogP contribution in [-0.2, 0) is 16.4 Å². The van der Waals surface area contributed by atoms with Crippen molar-refractivity contribution in [2.45, 2.75) is 30.1 Å². The van der Waals surface area contributed by atoms with E-state index in [0.717, 1.165) is 11.1 Å². The molecule has 3 aromatic rings. The van der Waals surface area contributed by atoms with E-state index in [0.29, 0.717) is 29.4 Å². The Bertz CT molecular complexity index is 979. The van der Waals surface area contributed by atoms with Gasteiger partial charge < -0.3 is 9.47 Å². The standard InChI is InChI=1S/C23H24O4S/c1-3-23(28(24,25)22-15-13-20(26-2)14-16-22)19-9-11-21(12-10-19)27-17-18-7-5-4-6-8-18/h4-16,23H,3,17H2,1-2H3. The lowest BCUT2D eigenvalue weighted by Crippen LogP contribution is -2.13. The third-order valence-electron chi connectivity index (χ3n) is 4.63. The molecule has 0 fully saturated rings. The summed E-state index contributed by atoms with van der Waals surface area (Å²) in [5.41, 5.74) is 1.84. The first-order valence-corrected chi connectivity index (χ1v) is 10.7. The minimum atomic E-state index is -3.49. The summed E-state index contributed by atoms with van der Waals surface area (Å²) in [5.74, 6) is 1.34. The predicted octanol–water partition coefficient (Wildman–Crippen LogP) is 5.20. The SMILES string of the molecule is CCC(c1ccc(OCc2ccccc2)cc1)S(=O)(=O)c1ccc(OC)cc1. The normalized spacial score (nSPS) is 12.4. The van der Waals surface area contributed by atoms with E-state index in [9.17, 15) is 8.42 Å². The van der Waals surface area contributed by atoms with Crippen molar-refractivity contribution in [3.05, 3.63) is 90.0 Å². The van der Waals surface area contributed by atoms with Crippen LogP contribution in [0.3, 0.4) is 0 Å². The van der Waals surface area contributed by atoms with Gasteiger partial charge in [0.1, 0.15) is 18.1 Å². The Balaban J connectivity index is 1.76. The number of sulfone groups is 1. The van der Waals surface area contributed by atoms with E-state index in [4.69, 9.17) is 9.47 Å². The van der Waals surface area contributed by atoms with Crippen LogP contribution in [0.4, 0.5) is 0 Å². The number of ether oxygens (including phenoxy) is 2. The Kier molecular flexibility index (Phi) is 6.37. The van der Waals surface area contributed by atoms with E-state index in [-0.39, 0.29) is 0 Å². The summed E-state index contributed by atoms with van der Waals surface area (Å²) in [5, 5.41) is -0.607. The number of hydrogen-bond acceptors (Lipinski definition) is 4. The largest absolute Gasteiger partial charge is 0.497 e. The molecule has 5 heteroatoms. The molecular formula is C23H24O4S. The van der Waals surface area contributed by atoms with Crippen LogP contribution < -0.4 is 9.47 Å². The minimum absolute atomic E-state index is 0.296. The van der Waals surface area contributed by atoms with E-state index in [1.165, 1.54) is 0 Å². The molecule has 0 N–H and O–H groups in total. The molecule has 4 nitrogen and oxygen atoms in total. The van der Waals surface area contributed by atoms with Crippen LogP contribution in [0.25, 0.3) is 0 Å². The first-order chi connectivity index (χ1) is 13.5. The zero-order chi connectivity index (χ0) is 20.0. The summed E-state index contributed by atoms with van der Waals surface area (Å²) in [4.78, 5) is 0.296. The Morgan fingerprint density at radius 3 is 2.00 bits per heavy atom. The summed E-state index contributed by atoms with van der Waals surface area (Å²) in [7, 11) is -1.94. The molecule has 0 aliphatic heterocycles. The maximum absolute atomic E-state index is 13.1. The molecule has 0 bridgehead atoms. The van der Waals surface area contributed by atoms with Gasteiger partial charge in [-0.3, -0.25) is 0 Å². The van der Waals surface area contributed by atoms with Gasteiger partial charge in [0.15, 0.2) is 9.84 Å². The highest BCUT2D eigenvalue weighted by Gasteiger charge is 2.27. The number of benzene rings is 3. The molecular weight excluding hydrogens is 372 g/mol. The van der Waals surface area contributed by atoms with E-state index in [1.807, 2.05) is 61.5 Å². The quantitative estimate of drug-likeness (QED) is 0.525. The third-order valence-corrected chi connectivity index (χ3v) is 6.92. The van der Waals surface area contributed by atoms with Crippen molar-refractivity contribution in [3.63, 3.8) is 0 Å². The van der Waals surface area contributed by atoms with Crippen LogP contribution in [0.5, 0.6) is 11.5 Å². The monoisotopic (exact) mass is 396 g/mol. The fourth-order valence-corrected chi connectivity index (χ4v) is 4.88. The zero-order valence-corrected chi connectivity index (χ0v) is 16.9. The van der Waals surface area contributed by atoms with Crippen molar-refractivity contribution in [1.29, 1.82) is 0 Å². The van der Waals surface area contributed by atoms with Crippen molar-refractivity contribution in [2.75, 3.05) is 7.11 Å². The molecule has 0 amide bonds. The van der Waals surface area contributed by atoms with E-state index in [2.05, 4.69) is 0 Å². The molecule has 0 saturated carbocycles. The van der Waals surface area contributed by atoms with Gasteiger partial charge in [0.05, 0.1) is 17.3 Å². The summed E-state index contributed by atoms with van der Waals surface area (Å²) in [6.45, 7) is 2.35. The molecule has 0 saturated heterocycles. The summed E-state index contributed by atoms with van der Waals surface area (Å²) < 4.78 is 37.1. The lowest BCUT2D eigenvalue weighted by molar-refractivity contribution is 0.306. The van der Waals surface area contributed by atoms with Crippen molar-refractivity contribution < 1.29 is 17.9 Å². The second-order valence-corrected chi connectivity index (χ2v) is 8.59. The van der Waals surface area contributed by atoms with E-state index < -0.39 is 15.1 Å². The first kappa shape index (κ1) is 20.0. The topological polar surface area (TPSA) is 52.6 Å². The van der Waals surface area contributed by atoms with Crippen LogP contribution in [0.2, 0.25) is 0 Å². The third kappa shape index (κ3) is 4.54. The molecule has 0 aliphatic rings. The average Bonchev–Trinajstić information content (AvgIpc) is 2.74. The molecule has 0 heterocycles. The molecule has 0 aliphatic carbocycles. The predicted molar refractivity (Wildman–Crippen MR) is 110 cm³/mol. The van der Waals surface area contributed by atoms with Gasteiger partial charge in [0, 0.05) is 0 Å². The molecule has 146 valence electrons. The van der Waals surface area contributed by atoms with Crippen LogP contribution in [0.15, 0.2) is 83.8 Å². The summed E-state index contributed by atoms with van der Waals surface area (Å²) >= 11 is 0. The first-order valence-electron chi connectivity index (χ1n) is 9.19. The van der Waals surface area contributed by atoms with E-state index in [1.54, 1.807) is 31.4 Å². The van der Waals surface area contributed by atoms with Gasteiger partial charge in [-0.25, -0.2) is 8.42 Å². The molecule has 0 spiro atoms. The minimum Gasteiger partial charge on any atom is -0.497 e. The molecule has 0 aromatic heterocycles. The van der Waals surface area contributed by atoms with Crippen LogP contribution in [0, 0.1) is 0 Å². The van der Waals surface area contributed by atoms with Gasteiger partial charge in [-0.05, 0) is 53.9 Å². The van der Waals surface area contributed by atoms with Gasteiger partial charge in [0.25, 0.3) is 0 Å². The second kappa shape index (κ2) is 8.93. The van der Waals surface area contributed by atoms with Crippen LogP contribution >= 0.6 is 0 Å². The molecule has 3 rings (SSSR count). The molecule has 1 unspecified atom stereocenters. The van der Waals surface area contributed by atoms with Crippen molar-refractivity contribution in [1.82, 2.24) is 0 Å². The molecule has 1 atom stereocenters. The number of methoxy groups -OCH3 is 1. The summed E-state index contributed by atoms with van der Waals surface area (Å²) in [6, 6.07) is 23.7. The Hall–Kier alpha value is -2.79. The van der Waals surface area contributed by atoms with Gasteiger partial charge in [-0.15, -0.1) is 0 Å². The second-order valence-electron chi connectivity index (χ2n) is 6.46. The fourth-order valence-electron chi connectivity index (χ4n) is 3.08. The van der Waals surface area contributed by atoms with Gasteiger partial charge in [-0.2, -0.15) is 0 Å². The van der Waals surface area contributed by atoms with Gasteiger partial charge >= 0.3 is 0 Å². The van der Waals surface area contributed by atoms with Crippen LogP contribution in [-0.4, -0.2) is 15.5 Å². The van der Waals surface area contributed by atoms with E-state index >= 15 is 0 Å². The number of hydrogen-bond donors (Lipinski definition) is 0. The molecule has 3 aromatic carbocycles. The Labute approximate surface area is 166 Å². The van der Waals surface area contributed by atoms with Crippen molar-refractivity contribution in [2.24, 2.45) is 0 Å². The van der Waals surface area contributed by atoms with Crippen LogP contribution in [0.1, 0.15) is 29.7 Å². The average molecular weight is 397 g/mol. The zero-order valence-electron chi connectivity index (χ0n) is 16.0. The molecule has 0 radical (unpaired) electrons. The summed E-state index contributed by atoms with van der Waals surface area (Å²) in [6.07, 6.45) is 0.485. The maximum Gasteiger partial charge on any atom is 0.185 e. The fraction of sp³-hybridized carbons (Fsp3) is 0.217. The number of rotatable bonds is 8. The van der Waals surface area contributed by atoms with Crippen molar-refractivity contribution in [3.8, 4) is 11.5 Å².